The molecule has 238 valence electrons. The third kappa shape index (κ3) is 11.2. The van der Waals surface area contributed by atoms with E-state index in [9.17, 15) is 26.3 Å². The number of nitrogens with two attached hydrogens (primary N) is 2. The molecule has 3 unspecified atom stereocenters. The molecule has 5 N–H and O–H groups in total. The van der Waals surface area contributed by atoms with Gasteiger partial charge in [-0.15, -0.1) is 0 Å². The van der Waals surface area contributed by atoms with E-state index in [2.05, 4.69) is 10.5 Å². The number of rotatable bonds is 15. The van der Waals surface area contributed by atoms with Crippen LogP contribution in [0.4, 0.5) is 26.3 Å². The van der Waals surface area contributed by atoms with Crippen molar-refractivity contribution in [3.05, 3.63) is 56.9 Å². The van der Waals surface area contributed by atoms with Crippen LogP contribution in [0.3, 0.4) is 0 Å². The fraction of sp³-hybridized carbons (Fsp3) is 0.607. The van der Waals surface area contributed by atoms with E-state index in [1.807, 2.05) is 6.92 Å². The van der Waals surface area contributed by atoms with Gasteiger partial charge < -0.3 is 26.4 Å². The Morgan fingerprint density at radius 1 is 1.14 bits per heavy atom. The van der Waals surface area contributed by atoms with E-state index in [0.717, 1.165) is 24.5 Å². The van der Waals surface area contributed by atoms with E-state index < -0.39 is 36.9 Å². The fourth-order valence-corrected chi connectivity index (χ4v) is 5.27. The van der Waals surface area contributed by atoms with Gasteiger partial charge in [-0.05, 0) is 69.3 Å². The maximum absolute atomic E-state index is 13.3. The molecule has 2 rings (SSSR count). The standard InChI is InChI=1S/C28H38Cl2F6N4O2/c1-3-18(25(38)14-37)6-8-39-9-7-22(19-4-5-23(29)24(30)12-19)26(40-41-2)16-42-15-17-10-20(27(31,32)33)13-21(11-17)28(34,35)36/h10-12,14,18,20,22,39H,3-9,13,15-16,37-38H2,1-2H3/b25-14-,40-26+. The van der Waals surface area contributed by atoms with Gasteiger partial charge in [0.2, 0.25) is 0 Å². The number of nitrogens with zero attached hydrogens (tertiary/aromatic N) is 1. The lowest BCUT2D eigenvalue weighted by molar-refractivity contribution is -0.166. The van der Waals surface area contributed by atoms with Crippen molar-refractivity contribution in [1.82, 2.24) is 5.32 Å². The third-order valence-electron chi connectivity index (χ3n) is 7.22. The molecule has 0 spiro atoms. The highest BCUT2D eigenvalue weighted by atomic mass is 35.5. The van der Waals surface area contributed by atoms with Gasteiger partial charge in [0.25, 0.3) is 0 Å². The number of oxime groups is 1. The molecule has 0 amide bonds. The summed E-state index contributed by atoms with van der Waals surface area (Å²) in [5.74, 6) is -2.45. The van der Waals surface area contributed by atoms with E-state index in [4.69, 9.17) is 44.2 Å². The number of hydrogen-bond donors (Lipinski definition) is 3. The molecule has 0 aromatic rings. The van der Waals surface area contributed by atoms with Gasteiger partial charge >= 0.3 is 12.4 Å². The lowest BCUT2D eigenvalue weighted by atomic mass is 9.85. The first-order valence-electron chi connectivity index (χ1n) is 13.6. The van der Waals surface area contributed by atoms with Crippen LogP contribution in [-0.4, -0.2) is 51.5 Å². The Bertz CT molecular complexity index is 1100. The number of allylic oxidation sites excluding steroid dienone is 7. The zero-order valence-electron chi connectivity index (χ0n) is 23.6. The molecular weight excluding hydrogens is 609 g/mol. The van der Waals surface area contributed by atoms with Crippen LogP contribution in [-0.2, 0) is 9.57 Å². The van der Waals surface area contributed by atoms with Crippen molar-refractivity contribution in [2.24, 2.45) is 34.4 Å². The Morgan fingerprint density at radius 2 is 1.83 bits per heavy atom. The van der Waals surface area contributed by atoms with Crippen molar-refractivity contribution >= 4 is 28.9 Å². The lowest BCUT2D eigenvalue weighted by Crippen LogP contribution is -2.30. The summed E-state index contributed by atoms with van der Waals surface area (Å²) in [5.41, 5.74) is 12.0. The topological polar surface area (TPSA) is 94.9 Å². The molecule has 0 bridgehead atoms. The van der Waals surface area contributed by atoms with Gasteiger partial charge in [-0.2, -0.15) is 26.3 Å². The maximum Gasteiger partial charge on any atom is 0.412 e. The second-order valence-corrected chi connectivity index (χ2v) is 11.0. The van der Waals surface area contributed by atoms with Gasteiger partial charge in [0.05, 0.1) is 29.9 Å². The van der Waals surface area contributed by atoms with Gasteiger partial charge in [-0.3, -0.25) is 0 Å². The van der Waals surface area contributed by atoms with Crippen LogP contribution in [0.15, 0.2) is 62.1 Å². The van der Waals surface area contributed by atoms with Crippen molar-refractivity contribution in [2.45, 2.75) is 57.8 Å². The molecule has 3 atom stereocenters. The van der Waals surface area contributed by atoms with Crippen LogP contribution in [0.5, 0.6) is 0 Å². The van der Waals surface area contributed by atoms with E-state index in [-0.39, 0.29) is 24.0 Å². The quantitative estimate of drug-likeness (QED) is 0.0758. The zero-order chi connectivity index (χ0) is 31.5. The first-order valence-corrected chi connectivity index (χ1v) is 14.3. The van der Waals surface area contributed by atoms with E-state index >= 15 is 0 Å². The van der Waals surface area contributed by atoms with Gasteiger partial charge in [-0.25, -0.2) is 0 Å². The van der Waals surface area contributed by atoms with Gasteiger partial charge in [0, 0.05) is 34.3 Å². The number of ether oxygens (including phenoxy) is 1. The number of nitrogens with one attached hydrogen (secondary N) is 1. The first-order chi connectivity index (χ1) is 19.7. The van der Waals surface area contributed by atoms with Crippen molar-refractivity contribution in [3.63, 3.8) is 0 Å². The Labute approximate surface area is 252 Å². The number of halogens is 8. The highest BCUT2D eigenvalue weighted by Gasteiger charge is 2.45. The molecule has 2 aliphatic rings. The molecule has 0 saturated heterocycles. The fourth-order valence-electron chi connectivity index (χ4n) is 4.88. The van der Waals surface area contributed by atoms with Crippen LogP contribution in [0, 0.1) is 17.8 Å². The Hall–Kier alpha value is -2.15. The number of hydrogen-bond acceptors (Lipinski definition) is 6. The largest absolute Gasteiger partial charge is 0.412 e. The molecule has 0 aromatic heterocycles. The minimum absolute atomic E-state index is 0.141. The Kier molecular flexibility index (Phi) is 14.3. The molecule has 14 heteroatoms. The summed E-state index contributed by atoms with van der Waals surface area (Å²) < 4.78 is 85.5. The molecule has 2 aliphatic carbocycles. The van der Waals surface area contributed by atoms with E-state index in [1.54, 1.807) is 6.08 Å². The van der Waals surface area contributed by atoms with Gasteiger partial charge in [0.15, 0.2) is 0 Å². The summed E-state index contributed by atoms with van der Waals surface area (Å²) in [5, 5.41) is 8.39. The molecular formula is C28H38Cl2F6N4O2. The summed E-state index contributed by atoms with van der Waals surface area (Å²) in [4.78, 5) is 5.04. The normalized spacial score (nSPS) is 20.6. The van der Waals surface area contributed by atoms with Crippen molar-refractivity contribution in [3.8, 4) is 0 Å². The van der Waals surface area contributed by atoms with Crippen molar-refractivity contribution in [1.29, 1.82) is 0 Å². The molecule has 0 radical (unpaired) electrons. The Balaban J connectivity index is 2.17. The molecule has 0 fully saturated rings. The summed E-state index contributed by atoms with van der Waals surface area (Å²) in [6.45, 7) is 2.58. The van der Waals surface area contributed by atoms with Crippen molar-refractivity contribution < 1.29 is 35.9 Å². The monoisotopic (exact) mass is 646 g/mol. The minimum Gasteiger partial charge on any atom is -0.403 e. The second kappa shape index (κ2) is 16.6. The summed E-state index contributed by atoms with van der Waals surface area (Å²) in [6.07, 6.45) is -2.99. The van der Waals surface area contributed by atoms with Crippen LogP contribution in [0.2, 0.25) is 0 Å². The molecule has 42 heavy (non-hydrogen) atoms. The van der Waals surface area contributed by atoms with Crippen LogP contribution in [0.1, 0.15) is 45.4 Å². The SMILES string of the molecule is CCC(CCNCCC(C1=CC(Cl)=C(Cl)CC1)/C(COCC1=CC(C(F)(F)F)CC(C(F)(F)F)=C1)=N/OC)/C(N)=C/N. The predicted octanol–water partition coefficient (Wildman–Crippen LogP) is 7.18. The molecule has 0 saturated carbocycles. The molecule has 0 heterocycles. The number of alkyl halides is 6. The van der Waals surface area contributed by atoms with Crippen molar-refractivity contribution in [2.75, 3.05) is 33.4 Å². The minimum atomic E-state index is -4.88. The Morgan fingerprint density at radius 3 is 2.40 bits per heavy atom. The smallest absolute Gasteiger partial charge is 0.403 e. The highest BCUT2D eigenvalue weighted by molar-refractivity contribution is 6.40. The lowest BCUT2D eigenvalue weighted by Gasteiger charge is -2.26. The van der Waals surface area contributed by atoms with E-state index in [0.29, 0.717) is 59.9 Å². The van der Waals surface area contributed by atoms with Crippen LogP contribution >= 0.6 is 23.2 Å². The second-order valence-electron chi connectivity index (χ2n) is 10.1. The maximum atomic E-state index is 13.3. The van der Waals surface area contributed by atoms with Crippen LogP contribution < -0.4 is 16.8 Å². The van der Waals surface area contributed by atoms with E-state index in [1.165, 1.54) is 13.3 Å². The first kappa shape index (κ1) is 36.0. The van der Waals surface area contributed by atoms with Gasteiger partial charge in [-0.1, -0.05) is 46.9 Å². The van der Waals surface area contributed by atoms with Crippen LogP contribution in [0.25, 0.3) is 0 Å². The van der Waals surface area contributed by atoms with Gasteiger partial charge in [0.1, 0.15) is 7.11 Å². The zero-order valence-corrected chi connectivity index (χ0v) is 25.1. The summed E-state index contributed by atoms with van der Waals surface area (Å²) in [7, 11) is 1.34. The highest BCUT2D eigenvalue weighted by Crippen LogP contribution is 2.41. The molecule has 0 aromatic carbocycles. The molecule has 0 aliphatic heterocycles. The molecule has 6 nitrogen and oxygen atoms in total. The average Bonchev–Trinajstić information content (AvgIpc) is 2.92. The predicted molar refractivity (Wildman–Crippen MR) is 154 cm³/mol. The summed E-state index contributed by atoms with van der Waals surface area (Å²) in [6, 6.07) is 0. The summed E-state index contributed by atoms with van der Waals surface area (Å²) >= 11 is 12.5. The average molecular weight is 648 g/mol. The third-order valence-corrected chi connectivity index (χ3v) is 8.04.